The number of benzene rings is 1. The lowest BCUT2D eigenvalue weighted by atomic mass is 10.2. The topological polar surface area (TPSA) is 48.4 Å². The van der Waals surface area contributed by atoms with Crippen LogP contribution < -0.4 is 4.74 Å². The highest BCUT2D eigenvalue weighted by atomic mass is 32.1. The third kappa shape index (κ3) is 4.22. The number of carbonyl (C=O) groups excluding carboxylic acids is 1. The van der Waals surface area contributed by atoms with Gasteiger partial charge in [0.25, 0.3) is 0 Å². The molecule has 2 aromatic rings. The first-order valence-electron chi connectivity index (χ1n) is 6.24. The van der Waals surface area contributed by atoms with Crippen molar-refractivity contribution in [2.24, 2.45) is 0 Å². The molecule has 0 saturated carbocycles. The Bertz CT molecular complexity index is 616. The van der Waals surface area contributed by atoms with E-state index in [1.54, 1.807) is 30.5 Å². The molecule has 2 rings (SSSR count). The second-order valence-corrected chi connectivity index (χ2v) is 4.86. The minimum atomic E-state index is -2.90. The molecule has 1 aromatic heterocycles. The molecule has 7 heteroatoms. The van der Waals surface area contributed by atoms with Gasteiger partial charge in [-0.1, -0.05) is 12.1 Å². The first kappa shape index (κ1) is 15.4. The largest absolute Gasteiger partial charge is 0.466 e. The van der Waals surface area contributed by atoms with Crippen LogP contribution in [-0.4, -0.2) is 24.2 Å². The molecule has 0 amide bonds. The molecule has 0 spiro atoms. The van der Waals surface area contributed by atoms with Gasteiger partial charge in [0, 0.05) is 5.38 Å². The third-order valence-corrected chi connectivity index (χ3v) is 3.44. The molecular weight excluding hydrogens is 300 g/mol. The van der Waals surface area contributed by atoms with E-state index in [-0.39, 0.29) is 18.1 Å². The maximum Gasteiger partial charge on any atom is 0.387 e. The summed E-state index contributed by atoms with van der Waals surface area (Å²) in [6, 6.07) is 6.41. The molecule has 0 N–H and O–H groups in total. The van der Waals surface area contributed by atoms with E-state index in [1.807, 2.05) is 0 Å². The summed E-state index contributed by atoms with van der Waals surface area (Å²) in [6.07, 6.45) is 0.0577. The van der Waals surface area contributed by atoms with Crippen molar-refractivity contribution in [2.45, 2.75) is 20.0 Å². The van der Waals surface area contributed by atoms with Crippen LogP contribution >= 0.6 is 11.3 Å². The van der Waals surface area contributed by atoms with Crippen LogP contribution in [0.4, 0.5) is 8.78 Å². The zero-order valence-corrected chi connectivity index (χ0v) is 12.0. The average Bonchev–Trinajstić information content (AvgIpc) is 2.87. The number of thiazole rings is 1. The van der Waals surface area contributed by atoms with Gasteiger partial charge in [-0.15, -0.1) is 11.3 Å². The number of aromatic nitrogens is 1. The van der Waals surface area contributed by atoms with Crippen molar-refractivity contribution in [2.75, 3.05) is 6.61 Å². The summed E-state index contributed by atoms with van der Waals surface area (Å²) in [4.78, 5) is 15.7. The molecule has 0 aliphatic rings. The van der Waals surface area contributed by atoms with Crippen LogP contribution in [0.1, 0.15) is 12.6 Å². The fraction of sp³-hybridized carbons (Fsp3) is 0.286. The highest BCUT2D eigenvalue weighted by Crippen LogP contribution is 2.33. The molecular formula is C14H13F2NO3S. The van der Waals surface area contributed by atoms with Gasteiger partial charge in [0.15, 0.2) is 0 Å². The predicted molar refractivity (Wildman–Crippen MR) is 74.5 cm³/mol. The summed E-state index contributed by atoms with van der Waals surface area (Å²) in [5.41, 5.74) is 1.01. The van der Waals surface area contributed by atoms with Crippen LogP contribution in [-0.2, 0) is 16.0 Å². The predicted octanol–water partition coefficient (Wildman–Crippen LogP) is 3.52. The van der Waals surface area contributed by atoms with E-state index in [0.29, 0.717) is 22.9 Å². The standard InChI is InChI=1S/C14H13F2NO3S/c1-2-19-12(18)7-9-8-21-13(17-9)10-5-3-4-6-11(10)20-14(15)16/h3-6,8,14H,2,7H2,1H3. The van der Waals surface area contributed by atoms with E-state index >= 15 is 0 Å². The van der Waals surface area contributed by atoms with Gasteiger partial charge < -0.3 is 9.47 Å². The molecule has 0 saturated heterocycles. The molecule has 112 valence electrons. The number of ether oxygens (including phenoxy) is 2. The molecule has 0 fully saturated rings. The SMILES string of the molecule is CCOC(=O)Cc1csc(-c2ccccc2OC(F)F)n1. The molecule has 0 aliphatic carbocycles. The van der Waals surface area contributed by atoms with Crippen molar-refractivity contribution in [3.8, 4) is 16.3 Å². The number of halogens is 2. The van der Waals surface area contributed by atoms with Gasteiger partial charge in [0.05, 0.1) is 24.3 Å². The van der Waals surface area contributed by atoms with Crippen LogP contribution in [0.5, 0.6) is 5.75 Å². The number of nitrogens with zero attached hydrogens (tertiary/aromatic N) is 1. The minimum Gasteiger partial charge on any atom is -0.466 e. The Morgan fingerprint density at radius 3 is 2.86 bits per heavy atom. The zero-order chi connectivity index (χ0) is 15.2. The van der Waals surface area contributed by atoms with Gasteiger partial charge in [0.2, 0.25) is 0 Å². The first-order chi connectivity index (χ1) is 10.1. The van der Waals surface area contributed by atoms with Crippen molar-refractivity contribution >= 4 is 17.3 Å². The minimum absolute atomic E-state index is 0.0577. The quantitative estimate of drug-likeness (QED) is 0.766. The summed E-state index contributed by atoms with van der Waals surface area (Å²) in [5, 5.41) is 2.22. The monoisotopic (exact) mass is 313 g/mol. The number of hydrogen-bond acceptors (Lipinski definition) is 5. The number of carbonyl (C=O) groups is 1. The van der Waals surface area contributed by atoms with E-state index in [4.69, 9.17) is 4.74 Å². The third-order valence-electron chi connectivity index (χ3n) is 2.52. The molecule has 1 aromatic carbocycles. The molecule has 0 unspecified atom stereocenters. The van der Waals surface area contributed by atoms with Crippen LogP contribution in [0.15, 0.2) is 29.6 Å². The molecule has 0 radical (unpaired) electrons. The summed E-state index contributed by atoms with van der Waals surface area (Å²) < 4.78 is 34.1. The lowest BCUT2D eigenvalue weighted by Crippen LogP contribution is -2.07. The molecule has 0 bridgehead atoms. The summed E-state index contributed by atoms with van der Waals surface area (Å²) in [6.45, 7) is -0.867. The summed E-state index contributed by atoms with van der Waals surface area (Å²) in [5.74, 6) is -0.309. The lowest BCUT2D eigenvalue weighted by Gasteiger charge is -2.08. The Morgan fingerprint density at radius 2 is 2.14 bits per heavy atom. The van der Waals surface area contributed by atoms with Gasteiger partial charge in [-0.25, -0.2) is 4.98 Å². The van der Waals surface area contributed by atoms with Crippen LogP contribution in [0, 0.1) is 0 Å². The van der Waals surface area contributed by atoms with Crippen molar-refractivity contribution in [3.63, 3.8) is 0 Å². The van der Waals surface area contributed by atoms with Gasteiger partial charge in [-0.3, -0.25) is 4.79 Å². The Labute approximate surface area is 124 Å². The highest BCUT2D eigenvalue weighted by molar-refractivity contribution is 7.13. The molecule has 0 atom stereocenters. The van der Waals surface area contributed by atoms with E-state index in [0.717, 1.165) is 0 Å². The van der Waals surface area contributed by atoms with Gasteiger partial charge in [-0.2, -0.15) is 8.78 Å². The first-order valence-corrected chi connectivity index (χ1v) is 7.12. The van der Waals surface area contributed by atoms with Gasteiger partial charge in [-0.05, 0) is 19.1 Å². The Morgan fingerprint density at radius 1 is 1.38 bits per heavy atom. The maximum atomic E-state index is 12.4. The fourth-order valence-corrected chi connectivity index (χ4v) is 2.56. The second kappa shape index (κ2) is 7.12. The van der Waals surface area contributed by atoms with Crippen LogP contribution in [0.2, 0.25) is 0 Å². The van der Waals surface area contributed by atoms with Gasteiger partial charge in [0.1, 0.15) is 10.8 Å². The lowest BCUT2D eigenvalue weighted by molar-refractivity contribution is -0.142. The molecule has 4 nitrogen and oxygen atoms in total. The normalized spacial score (nSPS) is 10.7. The van der Waals surface area contributed by atoms with Crippen LogP contribution in [0.3, 0.4) is 0 Å². The summed E-state index contributed by atoms with van der Waals surface area (Å²) >= 11 is 1.26. The van der Waals surface area contributed by atoms with Crippen LogP contribution in [0.25, 0.3) is 10.6 Å². The molecule has 0 aliphatic heterocycles. The number of para-hydroxylation sites is 1. The number of rotatable bonds is 6. The number of alkyl halides is 2. The van der Waals surface area contributed by atoms with Gasteiger partial charge >= 0.3 is 12.6 Å². The van der Waals surface area contributed by atoms with Crippen molar-refractivity contribution < 1.29 is 23.0 Å². The van der Waals surface area contributed by atoms with Crippen molar-refractivity contribution in [3.05, 3.63) is 35.3 Å². The Hall–Kier alpha value is -2.02. The van der Waals surface area contributed by atoms with E-state index in [9.17, 15) is 13.6 Å². The second-order valence-electron chi connectivity index (χ2n) is 4.00. The maximum absolute atomic E-state index is 12.4. The Balaban J connectivity index is 2.19. The van der Waals surface area contributed by atoms with Crippen molar-refractivity contribution in [1.82, 2.24) is 4.98 Å². The van der Waals surface area contributed by atoms with E-state index in [2.05, 4.69) is 9.72 Å². The number of esters is 1. The van der Waals surface area contributed by atoms with E-state index in [1.165, 1.54) is 17.4 Å². The average molecular weight is 313 g/mol. The summed E-state index contributed by atoms with van der Waals surface area (Å²) in [7, 11) is 0. The smallest absolute Gasteiger partial charge is 0.387 e. The highest BCUT2D eigenvalue weighted by Gasteiger charge is 2.15. The zero-order valence-electron chi connectivity index (χ0n) is 11.2. The number of hydrogen-bond donors (Lipinski definition) is 0. The van der Waals surface area contributed by atoms with E-state index < -0.39 is 6.61 Å². The van der Waals surface area contributed by atoms with Crippen molar-refractivity contribution in [1.29, 1.82) is 0 Å². The molecule has 21 heavy (non-hydrogen) atoms. The molecule has 1 heterocycles. The Kier molecular flexibility index (Phi) is 5.21. The fourth-order valence-electron chi connectivity index (χ4n) is 1.71.